The number of carboxylic acids is 1. The van der Waals surface area contributed by atoms with Crippen molar-refractivity contribution in [2.24, 2.45) is 0 Å². The number of aromatic carboxylic acids is 1. The van der Waals surface area contributed by atoms with Crippen LogP contribution in [0.15, 0.2) is 42.5 Å². The molecule has 4 nitrogen and oxygen atoms in total. The third kappa shape index (κ3) is 4.13. The quantitative estimate of drug-likeness (QED) is 0.851. The van der Waals surface area contributed by atoms with Crippen molar-refractivity contribution in [3.05, 3.63) is 59.2 Å². The molecule has 0 amide bonds. The molecule has 0 aliphatic rings. The first-order valence-electron chi connectivity index (χ1n) is 6.85. The van der Waals surface area contributed by atoms with E-state index in [1.165, 1.54) is 37.3 Å². The Kier molecular flexibility index (Phi) is 4.92. The van der Waals surface area contributed by atoms with Gasteiger partial charge in [0.05, 0.1) is 11.1 Å². The minimum Gasteiger partial charge on any atom is -0.478 e. The number of halogens is 3. The highest BCUT2D eigenvalue weighted by molar-refractivity contribution is 5.96. The predicted molar refractivity (Wildman–Crippen MR) is 79.3 cm³/mol. The van der Waals surface area contributed by atoms with E-state index in [1.807, 2.05) is 0 Å². The Bertz CT molecular complexity index is 764. The maximum atomic E-state index is 12.6. The number of rotatable bonds is 4. The molecule has 0 atom stereocenters. The minimum absolute atomic E-state index is 0.0527. The molecule has 0 unspecified atom stereocenters. The van der Waals surface area contributed by atoms with Crippen molar-refractivity contribution >= 4 is 11.9 Å². The van der Waals surface area contributed by atoms with Crippen molar-refractivity contribution in [3.63, 3.8) is 0 Å². The van der Waals surface area contributed by atoms with Crippen LogP contribution in [0.3, 0.4) is 0 Å². The van der Waals surface area contributed by atoms with Crippen LogP contribution in [-0.2, 0) is 22.3 Å². The topological polar surface area (TPSA) is 63.6 Å². The third-order valence-electron chi connectivity index (χ3n) is 3.28. The van der Waals surface area contributed by atoms with Gasteiger partial charge in [-0.3, -0.25) is 4.79 Å². The fourth-order valence-corrected chi connectivity index (χ4v) is 2.13. The van der Waals surface area contributed by atoms with Crippen molar-refractivity contribution < 1.29 is 32.6 Å². The SMILES string of the molecule is CC(=O)OCc1ccc(C(=O)O)c(-c2ccc(C(F)(F)F)cc2)c1. The zero-order valence-corrected chi connectivity index (χ0v) is 12.6. The Labute approximate surface area is 135 Å². The van der Waals surface area contributed by atoms with Crippen LogP contribution >= 0.6 is 0 Å². The number of esters is 1. The first-order valence-corrected chi connectivity index (χ1v) is 6.85. The van der Waals surface area contributed by atoms with E-state index < -0.39 is 23.7 Å². The smallest absolute Gasteiger partial charge is 0.416 e. The van der Waals surface area contributed by atoms with E-state index >= 15 is 0 Å². The van der Waals surface area contributed by atoms with Crippen molar-refractivity contribution in [1.82, 2.24) is 0 Å². The molecule has 0 fully saturated rings. The molecule has 0 radical (unpaired) electrons. The zero-order chi connectivity index (χ0) is 17.9. The standard InChI is InChI=1S/C17H13F3O4/c1-10(21)24-9-11-2-7-14(16(22)23)15(8-11)12-3-5-13(6-4-12)17(18,19)20/h2-8H,9H2,1H3,(H,22,23). The van der Waals surface area contributed by atoms with Gasteiger partial charge < -0.3 is 9.84 Å². The van der Waals surface area contributed by atoms with Crippen molar-refractivity contribution in [2.45, 2.75) is 19.7 Å². The van der Waals surface area contributed by atoms with Crippen LogP contribution in [0.4, 0.5) is 13.2 Å². The van der Waals surface area contributed by atoms with Gasteiger partial charge in [0.15, 0.2) is 0 Å². The van der Waals surface area contributed by atoms with E-state index in [0.717, 1.165) is 12.1 Å². The molecule has 0 aliphatic heterocycles. The molecule has 7 heteroatoms. The molecule has 2 rings (SSSR count). The lowest BCUT2D eigenvalue weighted by atomic mass is 9.96. The molecule has 0 aromatic heterocycles. The lowest BCUT2D eigenvalue weighted by molar-refractivity contribution is -0.142. The summed E-state index contributed by atoms with van der Waals surface area (Å²) < 4.78 is 42.7. The number of carbonyl (C=O) groups excluding carboxylic acids is 1. The Morgan fingerprint density at radius 2 is 1.71 bits per heavy atom. The number of carbonyl (C=O) groups is 2. The monoisotopic (exact) mass is 338 g/mol. The van der Waals surface area contributed by atoms with E-state index in [-0.39, 0.29) is 17.7 Å². The van der Waals surface area contributed by atoms with Crippen LogP contribution in [0.1, 0.15) is 28.4 Å². The molecule has 0 heterocycles. The van der Waals surface area contributed by atoms with Crippen LogP contribution in [0.25, 0.3) is 11.1 Å². The third-order valence-corrected chi connectivity index (χ3v) is 3.28. The summed E-state index contributed by atoms with van der Waals surface area (Å²) in [6, 6.07) is 8.49. The molecular weight excluding hydrogens is 325 g/mol. The largest absolute Gasteiger partial charge is 0.478 e. The second-order valence-electron chi connectivity index (χ2n) is 5.04. The molecule has 126 valence electrons. The van der Waals surface area contributed by atoms with E-state index in [9.17, 15) is 27.9 Å². The number of hydrogen-bond acceptors (Lipinski definition) is 3. The summed E-state index contributed by atoms with van der Waals surface area (Å²) >= 11 is 0. The van der Waals surface area contributed by atoms with Gasteiger partial charge in [-0.05, 0) is 41.0 Å². The van der Waals surface area contributed by atoms with Crippen LogP contribution < -0.4 is 0 Å². The summed E-state index contributed by atoms with van der Waals surface area (Å²) in [4.78, 5) is 22.2. The lowest BCUT2D eigenvalue weighted by Gasteiger charge is -2.11. The fourth-order valence-electron chi connectivity index (χ4n) is 2.13. The fraction of sp³-hybridized carbons (Fsp3) is 0.176. The van der Waals surface area contributed by atoms with E-state index in [4.69, 9.17) is 4.74 Å². The van der Waals surface area contributed by atoms with Gasteiger partial charge in [-0.15, -0.1) is 0 Å². The summed E-state index contributed by atoms with van der Waals surface area (Å²) in [5.74, 6) is -1.70. The molecule has 2 aromatic carbocycles. The highest BCUT2D eigenvalue weighted by Crippen LogP contribution is 2.32. The first kappa shape index (κ1) is 17.5. The van der Waals surface area contributed by atoms with E-state index in [1.54, 1.807) is 0 Å². The van der Waals surface area contributed by atoms with Crippen LogP contribution in [0.5, 0.6) is 0 Å². The van der Waals surface area contributed by atoms with Gasteiger partial charge in [-0.2, -0.15) is 13.2 Å². The second-order valence-corrected chi connectivity index (χ2v) is 5.04. The van der Waals surface area contributed by atoms with E-state index in [0.29, 0.717) is 11.1 Å². The van der Waals surface area contributed by atoms with Gasteiger partial charge in [0.2, 0.25) is 0 Å². The van der Waals surface area contributed by atoms with Crippen LogP contribution in [0.2, 0.25) is 0 Å². The molecule has 0 spiro atoms. The minimum atomic E-state index is -4.47. The van der Waals surface area contributed by atoms with Crippen molar-refractivity contribution in [3.8, 4) is 11.1 Å². The van der Waals surface area contributed by atoms with Gasteiger partial charge in [0.25, 0.3) is 0 Å². The maximum absolute atomic E-state index is 12.6. The Balaban J connectivity index is 2.44. The normalized spacial score (nSPS) is 11.2. The summed E-state index contributed by atoms with van der Waals surface area (Å²) in [5, 5.41) is 9.25. The Morgan fingerprint density at radius 3 is 2.21 bits per heavy atom. The number of alkyl halides is 3. The molecule has 2 aromatic rings. The molecule has 1 N–H and O–H groups in total. The summed E-state index contributed by atoms with van der Waals surface area (Å²) in [7, 11) is 0. The highest BCUT2D eigenvalue weighted by atomic mass is 19.4. The molecule has 0 bridgehead atoms. The van der Waals surface area contributed by atoms with Crippen molar-refractivity contribution in [2.75, 3.05) is 0 Å². The Hall–Kier alpha value is -2.83. The predicted octanol–water partition coefficient (Wildman–Crippen LogP) is 4.13. The molecule has 24 heavy (non-hydrogen) atoms. The summed E-state index contributed by atoms with van der Waals surface area (Å²) in [5.41, 5.74) is 0.233. The second kappa shape index (κ2) is 6.74. The molecule has 0 saturated carbocycles. The average molecular weight is 338 g/mol. The number of benzene rings is 2. The molecule has 0 aliphatic carbocycles. The zero-order valence-electron chi connectivity index (χ0n) is 12.6. The summed E-state index contributed by atoms with van der Waals surface area (Å²) in [6.07, 6.45) is -4.47. The number of ether oxygens (including phenoxy) is 1. The Morgan fingerprint density at radius 1 is 1.08 bits per heavy atom. The van der Waals surface area contributed by atoms with Crippen molar-refractivity contribution in [1.29, 1.82) is 0 Å². The van der Waals surface area contributed by atoms with Gasteiger partial charge >= 0.3 is 18.1 Å². The average Bonchev–Trinajstić information content (AvgIpc) is 2.51. The van der Waals surface area contributed by atoms with Gasteiger partial charge in [0.1, 0.15) is 6.61 Å². The first-order chi connectivity index (χ1) is 11.2. The number of hydrogen-bond donors (Lipinski definition) is 1. The van der Waals surface area contributed by atoms with Crippen LogP contribution in [0, 0.1) is 0 Å². The summed E-state index contributed by atoms with van der Waals surface area (Å²) in [6.45, 7) is 1.19. The van der Waals surface area contributed by atoms with Gasteiger partial charge in [-0.25, -0.2) is 4.79 Å². The van der Waals surface area contributed by atoms with E-state index in [2.05, 4.69) is 0 Å². The lowest BCUT2D eigenvalue weighted by Crippen LogP contribution is -2.05. The van der Waals surface area contributed by atoms with Crippen LogP contribution in [-0.4, -0.2) is 17.0 Å². The number of carboxylic acid groups (broad SMARTS) is 1. The molecular formula is C17H13F3O4. The maximum Gasteiger partial charge on any atom is 0.416 e. The van der Waals surface area contributed by atoms with Gasteiger partial charge in [-0.1, -0.05) is 18.2 Å². The van der Waals surface area contributed by atoms with Gasteiger partial charge in [0, 0.05) is 6.92 Å². The highest BCUT2D eigenvalue weighted by Gasteiger charge is 2.30. The molecule has 0 saturated heterocycles.